The van der Waals surface area contributed by atoms with Crippen molar-refractivity contribution in [1.82, 2.24) is 30.1 Å². The molecule has 5 rings (SSSR count). The smallest absolute Gasteiger partial charge is 0.182 e. The topological polar surface area (TPSA) is 92.3 Å². The molecule has 0 bridgehead atoms. The molecular formula is C22H18FN7. The molecule has 3 aromatic heterocycles. The molecule has 0 aliphatic carbocycles. The van der Waals surface area contributed by atoms with E-state index in [1.54, 1.807) is 18.6 Å². The highest BCUT2D eigenvalue weighted by Gasteiger charge is 2.20. The molecule has 0 saturated carbocycles. The minimum Gasteiger partial charge on any atom is -0.362 e. The third-order valence-electron chi connectivity index (χ3n) is 5.20. The Morgan fingerprint density at radius 3 is 2.87 bits per heavy atom. The van der Waals surface area contributed by atoms with Gasteiger partial charge >= 0.3 is 0 Å². The predicted molar refractivity (Wildman–Crippen MR) is 113 cm³/mol. The first kappa shape index (κ1) is 18.1. The predicted octanol–water partition coefficient (Wildman–Crippen LogP) is 4.58. The maximum atomic E-state index is 14.1. The van der Waals surface area contributed by atoms with Gasteiger partial charge in [-0.1, -0.05) is 18.2 Å². The van der Waals surface area contributed by atoms with Crippen LogP contribution in [0.2, 0.25) is 0 Å². The highest BCUT2D eigenvalue weighted by Crippen LogP contribution is 2.37. The third-order valence-corrected chi connectivity index (χ3v) is 5.20. The van der Waals surface area contributed by atoms with Crippen LogP contribution in [-0.4, -0.2) is 30.1 Å². The first-order valence-electron chi connectivity index (χ1n) is 9.53. The summed E-state index contributed by atoms with van der Waals surface area (Å²) >= 11 is 0. The number of nitrogens with zero attached hydrogens (tertiary/aromatic N) is 5. The van der Waals surface area contributed by atoms with E-state index in [1.807, 2.05) is 26.0 Å². The molecule has 30 heavy (non-hydrogen) atoms. The van der Waals surface area contributed by atoms with Gasteiger partial charge in [-0.25, -0.2) is 19.3 Å². The van der Waals surface area contributed by atoms with Crippen molar-refractivity contribution in [3.05, 3.63) is 72.2 Å². The number of H-pyrrole nitrogens is 1. The summed E-state index contributed by atoms with van der Waals surface area (Å²) in [6.07, 6.45) is 4.73. The molecule has 0 radical (unpaired) electrons. The number of aromatic nitrogens is 6. The van der Waals surface area contributed by atoms with Crippen LogP contribution >= 0.6 is 0 Å². The maximum absolute atomic E-state index is 14.1. The van der Waals surface area contributed by atoms with Crippen LogP contribution in [0.4, 0.5) is 10.2 Å². The van der Waals surface area contributed by atoms with E-state index in [0.29, 0.717) is 11.5 Å². The normalized spacial score (nSPS) is 12.4. The monoisotopic (exact) mass is 399 g/mol. The van der Waals surface area contributed by atoms with Crippen LogP contribution in [-0.2, 0) is 0 Å². The molecule has 0 spiro atoms. The third kappa shape index (κ3) is 3.02. The van der Waals surface area contributed by atoms with E-state index < -0.39 is 0 Å². The summed E-state index contributed by atoms with van der Waals surface area (Å²) < 4.78 is 14.1. The van der Waals surface area contributed by atoms with Gasteiger partial charge in [0.15, 0.2) is 11.5 Å². The van der Waals surface area contributed by atoms with Crippen molar-refractivity contribution in [2.45, 2.75) is 19.9 Å². The van der Waals surface area contributed by atoms with Crippen LogP contribution in [0.1, 0.15) is 24.1 Å². The maximum Gasteiger partial charge on any atom is 0.182 e. The van der Waals surface area contributed by atoms with Crippen LogP contribution in [0.15, 0.2) is 55.2 Å². The Labute approximate surface area is 171 Å². The Balaban J connectivity index is 1.70. The van der Waals surface area contributed by atoms with E-state index in [2.05, 4.69) is 41.5 Å². The van der Waals surface area contributed by atoms with Crippen molar-refractivity contribution >= 4 is 27.9 Å². The number of nitrogens with one attached hydrogen (secondary N) is 2. The largest absolute Gasteiger partial charge is 0.362 e. The van der Waals surface area contributed by atoms with Gasteiger partial charge in [-0.3, -0.25) is 0 Å². The van der Waals surface area contributed by atoms with Crippen LogP contribution in [0.25, 0.3) is 33.2 Å². The van der Waals surface area contributed by atoms with Gasteiger partial charge in [0.05, 0.1) is 18.6 Å². The fourth-order valence-corrected chi connectivity index (χ4v) is 3.80. The van der Waals surface area contributed by atoms with Gasteiger partial charge in [0.2, 0.25) is 0 Å². The molecule has 0 aliphatic rings. The van der Waals surface area contributed by atoms with Gasteiger partial charge in [-0.15, -0.1) is 5.10 Å². The lowest BCUT2D eigenvalue weighted by Crippen LogP contribution is -2.11. The first-order chi connectivity index (χ1) is 14.6. The molecule has 5 aromatic rings. The van der Waals surface area contributed by atoms with E-state index in [4.69, 9.17) is 0 Å². The molecule has 8 heteroatoms. The molecule has 0 aliphatic heterocycles. The van der Waals surface area contributed by atoms with Crippen LogP contribution < -0.4 is 5.32 Å². The van der Waals surface area contributed by atoms with Crippen molar-refractivity contribution in [1.29, 1.82) is 0 Å². The summed E-state index contributed by atoms with van der Waals surface area (Å²) in [6.45, 7) is 4.07. The number of aryl methyl sites for hydroxylation is 1. The second-order valence-electron chi connectivity index (χ2n) is 7.15. The quantitative estimate of drug-likeness (QED) is 0.459. The molecule has 7 nitrogen and oxygen atoms in total. The molecular weight excluding hydrogens is 381 g/mol. The summed E-state index contributed by atoms with van der Waals surface area (Å²) in [7, 11) is 0. The number of hydrogen-bond acceptors (Lipinski definition) is 6. The van der Waals surface area contributed by atoms with Gasteiger partial charge < -0.3 is 10.3 Å². The van der Waals surface area contributed by atoms with Gasteiger partial charge in [-0.05, 0) is 48.7 Å². The average molecular weight is 399 g/mol. The van der Waals surface area contributed by atoms with Crippen molar-refractivity contribution in [3.63, 3.8) is 0 Å². The second kappa shape index (κ2) is 7.14. The lowest BCUT2D eigenvalue weighted by Gasteiger charge is -2.21. The number of hydrogen-bond donors (Lipinski definition) is 2. The minimum absolute atomic E-state index is 0.158. The molecule has 0 fully saturated rings. The molecule has 2 N–H and O–H groups in total. The van der Waals surface area contributed by atoms with Crippen molar-refractivity contribution < 1.29 is 4.39 Å². The molecule has 0 amide bonds. The minimum atomic E-state index is -0.299. The zero-order valence-corrected chi connectivity index (χ0v) is 16.4. The van der Waals surface area contributed by atoms with Crippen molar-refractivity contribution in [2.75, 3.05) is 5.32 Å². The summed E-state index contributed by atoms with van der Waals surface area (Å²) in [5.74, 6) is 0.346. The highest BCUT2D eigenvalue weighted by atomic mass is 19.1. The average Bonchev–Trinajstić information content (AvgIpc) is 3.23. The molecule has 148 valence electrons. The zero-order chi connectivity index (χ0) is 20.7. The molecule has 2 aromatic carbocycles. The van der Waals surface area contributed by atoms with Gasteiger partial charge in [0.25, 0.3) is 0 Å². The Morgan fingerprint density at radius 2 is 2.00 bits per heavy atom. The Hall–Kier alpha value is -3.94. The fourth-order valence-electron chi connectivity index (χ4n) is 3.80. The first-order valence-corrected chi connectivity index (χ1v) is 9.53. The molecule has 3 heterocycles. The number of rotatable bonds is 4. The van der Waals surface area contributed by atoms with E-state index in [-0.39, 0.29) is 11.9 Å². The molecule has 1 atom stereocenters. The standard InChI is InChI=1S/C22H18FN7/c1-12-8-17(13(2)29-22-20-21(25-10-24-20)26-11-27-22)18(14-4-3-5-15(23)9-14)19-16(12)6-7-28-30-19/h3-11,13H,1-2H3,(H2,24,25,26,27,29). The summed E-state index contributed by atoms with van der Waals surface area (Å²) in [6, 6.07) is 10.4. The molecule has 0 saturated heterocycles. The highest BCUT2D eigenvalue weighted by molar-refractivity contribution is 5.97. The van der Waals surface area contributed by atoms with Gasteiger partial charge in [0, 0.05) is 10.9 Å². The van der Waals surface area contributed by atoms with Crippen LogP contribution in [0.3, 0.4) is 0 Å². The Bertz CT molecular complexity index is 1380. The fraction of sp³-hybridized carbons (Fsp3) is 0.136. The number of imidazole rings is 1. The Kier molecular flexibility index (Phi) is 4.31. The molecule has 1 unspecified atom stereocenters. The Morgan fingerprint density at radius 1 is 1.10 bits per heavy atom. The van der Waals surface area contributed by atoms with Crippen LogP contribution in [0.5, 0.6) is 0 Å². The zero-order valence-electron chi connectivity index (χ0n) is 16.4. The van der Waals surface area contributed by atoms with Crippen LogP contribution in [0, 0.1) is 12.7 Å². The van der Waals surface area contributed by atoms with E-state index in [1.165, 1.54) is 18.5 Å². The lowest BCUT2D eigenvalue weighted by atomic mass is 9.90. The number of fused-ring (bicyclic) bond motifs is 2. The summed E-state index contributed by atoms with van der Waals surface area (Å²) in [5.41, 5.74) is 5.69. The van der Waals surface area contributed by atoms with Crippen molar-refractivity contribution in [3.8, 4) is 11.1 Å². The second-order valence-corrected chi connectivity index (χ2v) is 7.15. The number of anilines is 1. The van der Waals surface area contributed by atoms with Crippen molar-refractivity contribution in [2.24, 2.45) is 0 Å². The number of benzene rings is 2. The van der Waals surface area contributed by atoms with E-state index >= 15 is 0 Å². The lowest BCUT2D eigenvalue weighted by molar-refractivity contribution is 0.628. The summed E-state index contributed by atoms with van der Waals surface area (Å²) in [4.78, 5) is 15.8. The van der Waals surface area contributed by atoms with E-state index in [0.717, 1.165) is 38.7 Å². The number of aromatic amines is 1. The van der Waals surface area contributed by atoms with Gasteiger partial charge in [-0.2, -0.15) is 5.10 Å². The van der Waals surface area contributed by atoms with E-state index in [9.17, 15) is 4.39 Å². The van der Waals surface area contributed by atoms with Gasteiger partial charge in [0.1, 0.15) is 23.2 Å². The number of halogens is 1. The SMILES string of the molecule is Cc1cc(C(C)Nc2ncnc3nc[nH]c23)c(-c2cccc(F)c2)c2nnccc12. The summed E-state index contributed by atoms with van der Waals surface area (Å²) in [5, 5.41) is 12.9.